The average Bonchev–Trinajstić information content (AvgIpc) is 2.26. The fourth-order valence-corrected chi connectivity index (χ4v) is 2.56. The first-order valence-corrected chi connectivity index (χ1v) is 6.63. The van der Waals surface area contributed by atoms with E-state index in [0.717, 1.165) is 12.0 Å². The molecule has 0 N–H and O–H groups in total. The minimum Gasteiger partial charge on any atom is -0.304 e. The number of piperidine rings is 1. The minimum atomic E-state index is 0.726. The van der Waals surface area contributed by atoms with Crippen molar-refractivity contribution in [3.63, 3.8) is 0 Å². The first-order chi connectivity index (χ1) is 7.17. The molecule has 1 unspecified atom stereocenters. The first kappa shape index (κ1) is 13.0. The Kier molecular flexibility index (Phi) is 5.62. The van der Waals surface area contributed by atoms with Gasteiger partial charge in [-0.15, -0.1) is 0 Å². The van der Waals surface area contributed by atoms with Crippen molar-refractivity contribution in [3.8, 4) is 0 Å². The van der Waals surface area contributed by atoms with Crippen molar-refractivity contribution in [2.45, 2.75) is 46.6 Å². The van der Waals surface area contributed by atoms with Gasteiger partial charge in [0, 0.05) is 19.1 Å². The third-order valence-corrected chi connectivity index (χ3v) is 3.69. The van der Waals surface area contributed by atoms with E-state index in [1.807, 2.05) is 0 Å². The Morgan fingerprint density at radius 3 is 2.47 bits per heavy atom. The van der Waals surface area contributed by atoms with Gasteiger partial charge < -0.3 is 9.80 Å². The van der Waals surface area contributed by atoms with Gasteiger partial charge in [-0.25, -0.2) is 0 Å². The van der Waals surface area contributed by atoms with Crippen LogP contribution in [-0.2, 0) is 0 Å². The maximum Gasteiger partial charge on any atom is 0.00387 e. The molecule has 0 aromatic rings. The monoisotopic (exact) mass is 212 g/mol. The molecule has 1 saturated heterocycles. The Bertz CT molecular complexity index is 162. The lowest BCUT2D eigenvalue weighted by molar-refractivity contribution is 0.113. The van der Waals surface area contributed by atoms with E-state index < -0.39 is 0 Å². The molecular weight excluding hydrogens is 184 g/mol. The number of hydrogen-bond acceptors (Lipinski definition) is 2. The van der Waals surface area contributed by atoms with E-state index in [4.69, 9.17) is 0 Å². The quantitative estimate of drug-likeness (QED) is 0.691. The molecule has 1 rings (SSSR count). The maximum atomic E-state index is 2.64. The second kappa shape index (κ2) is 6.49. The summed E-state index contributed by atoms with van der Waals surface area (Å²) in [5.74, 6) is 0.904. The molecule has 0 bridgehead atoms. The highest BCUT2D eigenvalue weighted by molar-refractivity contribution is 4.77. The van der Waals surface area contributed by atoms with Crippen LogP contribution in [0.1, 0.15) is 40.5 Å². The topological polar surface area (TPSA) is 6.48 Å². The van der Waals surface area contributed by atoms with Gasteiger partial charge >= 0.3 is 0 Å². The predicted molar refractivity (Wildman–Crippen MR) is 67.2 cm³/mol. The maximum absolute atomic E-state index is 2.64. The van der Waals surface area contributed by atoms with Crippen LogP contribution in [0.2, 0.25) is 0 Å². The number of nitrogens with zero attached hydrogens (tertiary/aromatic N) is 2. The third kappa shape index (κ3) is 4.12. The van der Waals surface area contributed by atoms with Crippen molar-refractivity contribution in [3.05, 3.63) is 0 Å². The zero-order chi connectivity index (χ0) is 11.3. The summed E-state index contributed by atoms with van der Waals surface area (Å²) in [6.07, 6.45) is 2.82. The van der Waals surface area contributed by atoms with Gasteiger partial charge in [0.05, 0.1) is 0 Å². The SMILES string of the molecule is CCN(CC)CC1CCCN(C(C)C)C1. The number of hydrogen-bond donors (Lipinski definition) is 0. The van der Waals surface area contributed by atoms with Gasteiger partial charge in [0.25, 0.3) is 0 Å². The summed E-state index contributed by atoms with van der Waals surface area (Å²) in [5, 5.41) is 0. The molecular formula is C13H28N2. The Morgan fingerprint density at radius 1 is 1.27 bits per heavy atom. The highest BCUT2D eigenvalue weighted by Crippen LogP contribution is 2.19. The van der Waals surface area contributed by atoms with Crippen molar-refractivity contribution in [1.82, 2.24) is 9.80 Å². The molecule has 1 atom stereocenters. The molecule has 2 nitrogen and oxygen atoms in total. The van der Waals surface area contributed by atoms with Crippen molar-refractivity contribution < 1.29 is 0 Å². The fourth-order valence-electron chi connectivity index (χ4n) is 2.56. The second-order valence-electron chi connectivity index (χ2n) is 5.08. The molecule has 1 aliphatic heterocycles. The molecule has 2 heteroatoms. The Labute approximate surface area is 95.6 Å². The van der Waals surface area contributed by atoms with Gasteiger partial charge in [-0.1, -0.05) is 13.8 Å². The molecule has 0 spiro atoms. The largest absolute Gasteiger partial charge is 0.304 e. The van der Waals surface area contributed by atoms with Gasteiger partial charge in [-0.05, 0) is 52.2 Å². The zero-order valence-corrected chi connectivity index (χ0v) is 11.0. The van der Waals surface area contributed by atoms with Crippen molar-refractivity contribution in [2.24, 2.45) is 5.92 Å². The molecule has 0 saturated carbocycles. The van der Waals surface area contributed by atoms with Crippen LogP contribution in [0.25, 0.3) is 0 Å². The number of likely N-dealkylation sites (tertiary alicyclic amines) is 1. The first-order valence-electron chi connectivity index (χ1n) is 6.63. The normalized spacial score (nSPS) is 24.0. The van der Waals surface area contributed by atoms with Crippen molar-refractivity contribution >= 4 is 0 Å². The summed E-state index contributed by atoms with van der Waals surface area (Å²) in [6.45, 7) is 15.5. The highest BCUT2D eigenvalue weighted by Gasteiger charge is 2.22. The molecule has 1 heterocycles. The Hall–Kier alpha value is -0.0800. The molecule has 1 fully saturated rings. The van der Waals surface area contributed by atoms with Gasteiger partial charge in [-0.3, -0.25) is 0 Å². The molecule has 0 aromatic heterocycles. The van der Waals surface area contributed by atoms with Crippen LogP contribution in [0.5, 0.6) is 0 Å². The summed E-state index contributed by atoms with van der Waals surface area (Å²) in [4.78, 5) is 5.20. The van der Waals surface area contributed by atoms with Crippen molar-refractivity contribution in [2.75, 3.05) is 32.7 Å². The van der Waals surface area contributed by atoms with Crippen LogP contribution >= 0.6 is 0 Å². The van der Waals surface area contributed by atoms with Gasteiger partial charge in [0.1, 0.15) is 0 Å². The van der Waals surface area contributed by atoms with E-state index >= 15 is 0 Å². The zero-order valence-electron chi connectivity index (χ0n) is 11.0. The Morgan fingerprint density at radius 2 is 1.93 bits per heavy atom. The third-order valence-electron chi connectivity index (χ3n) is 3.69. The molecule has 0 aliphatic carbocycles. The summed E-state index contributed by atoms with van der Waals surface area (Å²) < 4.78 is 0. The summed E-state index contributed by atoms with van der Waals surface area (Å²) in [5.41, 5.74) is 0. The van der Waals surface area contributed by atoms with Crippen LogP contribution in [0.3, 0.4) is 0 Å². The van der Waals surface area contributed by atoms with E-state index in [-0.39, 0.29) is 0 Å². The summed E-state index contributed by atoms with van der Waals surface area (Å²) >= 11 is 0. The lowest BCUT2D eigenvalue weighted by Gasteiger charge is -2.37. The van der Waals surface area contributed by atoms with E-state index in [1.54, 1.807) is 0 Å². The van der Waals surface area contributed by atoms with Crippen molar-refractivity contribution in [1.29, 1.82) is 0 Å². The molecule has 0 aromatic carbocycles. The number of rotatable bonds is 5. The van der Waals surface area contributed by atoms with Gasteiger partial charge in [0.2, 0.25) is 0 Å². The smallest absolute Gasteiger partial charge is 0.00387 e. The molecule has 0 amide bonds. The lowest BCUT2D eigenvalue weighted by atomic mass is 9.96. The molecule has 90 valence electrons. The summed E-state index contributed by atoms with van der Waals surface area (Å²) in [7, 11) is 0. The minimum absolute atomic E-state index is 0.726. The van der Waals surface area contributed by atoms with Crippen LogP contribution < -0.4 is 0 Å². The van der Waals surface area contributed by atoms with Crippen LogP contribution in [0.4, 0.5) is 0 Å². The van der Waals surface area contributed by atoms with E-state index in [2.05, 4.69) is 37.5 Å². The fraction of sp³-hybridized carbons (Fsp3) is 1.00. The average molecular weight is 212 g/mol. The summed E-state index contributed by atoms with van der Waals surface area (Å²) in [6, 6.07) is 0.726. The van der Waals surface area contributed by atoms with E-state index in [1.165, 1.54) is 45.6 Å². The molecule has 0 radical (unpaired) electrons. The van der Waals surface area contributed by atoms with E-state index in [9.17, 15) is 0 Å². The standard InChI is InChI=1S/C13H28N2/c1-5-14(6-2)10-13-8-7-9-15(11-13)12(3)4/h12-13H,5-11H2,1-4H3. The molecule has 1 aliphatic rings. The second-order valence-corrected chi connectivity index (χ2v) is 5.08. The Balaban J connectivity index is 2.35. The van der Waals surface area contributed by atoms with Crippen LogP contribution in [0.15, 0.2) is 0 Å². The predicted octanol–water partition coefficient (Wildman–Crippen LogP) is 2.45. The van der Waals surface area contributed by atoms with Gasteiger partial charge in [0.15, 0.2) is 0 Å². The van der Waals surface area contributed by atoms with Crippen LogP contribution in [-0.4, -0.2) is 48.6 Å². The highest BCUT2D eigenvalue weighted by atomic mass is 15.2. The lowest BCUT2D eigenvalue weighted by Crippen LogP contribution is -2.43. The molecule has 15 heavy (non-hydrogen) atoms. The van der Waals surface area contributed by atoms with Crippen LogP contribution in [0, 0.1) is 5.92 Å². The van der Waals surface area contributed by atoms with Gasteiger partial charge in [-0.2, -0.15) is 0 Å². The van der Waals surface area contributed by atoms with E-state index in [0.29, 0.717) is 0 Å².